The quantitative estimate of drug-likeness (QED) is 0.855. The van der Waals surface area contributed by atoms with Crippen LogP contribution in [0, 0.1) is 17.5 Å². The van der Waals surface area contributed by atoms with Gasteiger partial charge in [0.2, 0.25) is 5.91 Å². The van der Waals surface area contributed by atoms with Crippen molar-refractivity contribution >= 4 is 23.2 Å². The number of hydrogen-bond acceptors (Lipinski definition) is 2. The maximum Gasteiger partial charge on any atom is 0.258 e. The number of benzene rings is 2. The third-order valence-electron chi connectivity index (χ3n) is 2.74. The fourth-order valence-electron chi connectivity index (χ4n) is 1.74. The zero-order valence-electron chi connectivity index (χ0n) is 11.4. The highest BCUT2D eigenvalue weighted by Gasteiger charge is 2.18. The average Bonchev–Trinajstić information content (AvgIpc) is 2.46. The molecule has 0 saturated carbocycles. The van der Waals surface area contributed by atoms with Gasteiger partial charge < -0.3 is 10.6 Å². The number of hydrogen-bond donors (Lipinski definition) is 2. The van der Waals surface area contributed by atoms with Crippen LogP contribution in [0.4, 0.5) is 24.5 Å². The molecule has 2 amide bonds. The lowest BCUT2D eigenvalue weighted by atomic mass is 10.1. The summed E-state index contributed by atoms with van der Waals surface area (Å²) in [6.45, 7) is 1.35. The first-order chi connectivity index (χ1) is 10.4. The molecule has 2 rings (SSSR count). The molecule has 0 fully saturated rings. The maximum absolute atomic E-state index is 13.5. The van der Waals surface area contributed by atoms with E-state index in [1.165, 1.54) is 31.2 Å². The normalized spacial score (nSPS) is 10.2. The molecule has 2 aromatic rings. The molecule has 114 valence electrons. The van der Waals surface area contributed by atoms with Gasteiger partial charge in [-0.1, -0.05) is 0 Å². The average molecular weight is 308 g/mol. The number of nitrogens with one attached hydrogen (secondary N) is 2. The minimum Gasteiger partial charge on any atom is -0.326 e. The minimum atomic E-state index is -1.70. The molecule has 2 N–H and O–H groups in total. The van der Waals surface area contributed by atoms with Crippen molar-refractivity contribution in [2.24, 2.45) is 0 Å². The van der Waals surface area contributed by atoms with E-state index in [0.29, 0.717) is 17.4 Å². The van der Waals surface area contributed by atoms with Gasteiger partial charge in [-0.15, -0.1) is 0 Å². The van der Waals surface area contributed by atoms with Crippen LogP contribution in [0.2, 0.25) is 0 Å². The molecular weight excluding hydrogens is 297 g/mol. The van der Waals surface area contributed by atoms with E-state index in [-0.39, 0.29) is 5.91 Å². The van der Waals surface area contributed by atoms with E-state index in [1.807, 2.05) is 0 Å². The van der Waals surface area contributed by atoms with Gasteiger partial charge in [0.05, 0.1) is 5.56 Å². The second-order valence-corrected chi connectivity index (χ2v) is 4.44. The Balaban J connectivity index is 2.15. The van der Waals surface area contributed by atoms with Gasteiger partial charge >= 0.3 is 0 Å². The van der Waals surface area contributed by atoms with Crippen molar-refractivity contribution in [1.29, 1.82) is 0 Å². The molecule has 0 aliphatic carbocycles. The van der Waals surface area contributed by atoms with Crippen molar-refractivity contribution in [1.82, 2.24) is 0 Å². The molecule has 0 atom stereocenters. The zero-order valence-corrected chi connectivity index (χ0v) is 11.4. The summed E-state index contributed by atoms with van der Waals surface area (Å²) < 4.78 is 39.4. The summed E-state index contributed by atoms with van der Waals surface area (Å²) in [7, 11) is 0. The van der Waals surface area contributed by atoms with E-state index in [0.717, 1.165) is 6.07 Å². The van der Waals surface area contributed by atoms with E-state index in [9.17, 15) is 22.8 Å². The van der Waals surface area contributed by atoms with Crippen LogP contribution in [0.25, 0.3) is 0 Å². The minimum absolute atomic E-state index is 0.249. The molecule has 0 spiro atoms. The third kappa shape index (κ3) is 3.43. The molecule has 0 aliphatic rings. The van der Waals surface area contributed by atoms with Gasteiger partial charge in [0.15, 0.2) is 17.5 Å². The first-order valence-corrected chi connectivity index (χ1v) is 6.21. The predicted octanol–water partition coefficient (Wildman–Crippen LogP) is 3.31. The largest absolute Gasteiger partial charge is 0.326 e. The third-order valence-corrected chi connectivity index (χ3v) is 2.74. The number of amides is 2. The zero-order chi connectivity index (χ0) is 16.3. The van der Waals surface area contributed by atoms with Crippen LogP contribution >= 0.6 is 0 Å². The van der Waals surface area contributed by atoms with Gasteiger partial charge in [0.25, 0.3) is 5.91 Å². The molecule has 22 heavy (non-hydrogen) atoms. The Morgan fingerprint density at radius 1 is 0.818 bits per heavy atom. The van der Waals surface area contributed by atoms with Gasteiger partial charge in [0.1, 0.15) is 0 Å². The fraction of sp³-hybridized carbons (Fsp3) is 0.0667. The Morgan fingerprint density at radius 3 is 1.91 bits per heavy atom. The van der Waals surface area contributed by atoms with Crippen LogP contribution in [0.1, 0.15) is 17.3 Å². The van der Waals surface area contributed by atoms with Crippen molar-refractivity contribution in [3.63, 3.8) is 0 Å². The smallest absolute Gasteiger partial charge is 0.258 e. The lowest BCUT2D eigenvalue weighted by molar-refractivity contribution is -0.114. The summed E-state index contributed by atoms with van der Waals surface area (Å²) >= 11 is 0. The number of anilines is 2. The van der Waals surface area contributed by atoms with Gasteiger partial charge in [-0.05, 0) is 36.4 Å². The molecule has 7 heteroatoms. The monoisotopic (exact) mass is 308 g/mol. The van der Waals surface area contributed by atoms with Crippen molar-refractivity contribution in [3.05, 3.63) is 59.4 Å². The Kier molecular flexibility index (Phi) is 4.45. The Labute approximate surface area is 124 Å². The first kappa shape index (κ1) is 15.6. The Hall–Kier alpha value is -2.83. The van der Waals surface area contributed by atoms with Crippen molar-refractivity contribution in [3.8, 4) is 0 Å². The lowest BCUT2D eigenvalue weighted by Crippen LogP contribution is -2.15. The second kappa shape index (κ2) is 6.30. The van der Waals surface area contributed by atoms with E-state index >= 15 is 0 Å². The Morgan fingerprint density at radius 2 is 1.36 bits per heavy atom. The van der Waals surface area contributed by atoms with Gasteiger partial charge in [-0.3, -0.25) is 9.59 Å². The molecule has 0 saturated heterocycles. The number of carbonyl (C=O) groups is 2. The Bertz CT molecular complexity index is 730. The van der Waals surface area contributed by atoms with Crippen molar-refractivity contribution < 1.29 is 22.8 Å². The maximum atomic E-state index is 13.5. The summed E-state index contributed by atoms with van der Waals surface area (Å²) in [4.78, 5) is 22.7. The number of carbonyl (C=O) groups excluding carboxylic acids is 2. The van der Waals surface area contributed by atoms with E-state index in [1.54, 1.807) is 0 Å². The van der Waals surface area contributed by atoms with Crippen LogP contribution in [0.5, 0.6) is 0 Å². The fourth-order valence-corrected chi connectivity index (χ4v) is 1.74. The number of rotatable bonds is 3. The van der Waals surface area contributed by atoms with Crippen LogP contribution in [-0.4, -0.2) is 11.8 Å². The molecule has 0 aromatic heterocycles. The lowest BCUT2D eigenvalue weighted by Gasteiger charge is -2.08. The van der Waals surface area contributed by atoms with E-state index in [2.05, 4.69) is 10.6 Å². The molecule has 0 radical (unpaired) electrons. The van der Waals surface area contributed by atoms with Gasteiger partial charge in [-0.25, -0.2) is 13.2 Å². The highest BCUT2D eigenvalue weighted by atomic mass is 19.2. The first-order valence-electron chi connectivity index (χ1n) is 6.21. The highest BCUT2D eigenvalue weighted by Crippen LogP contribution is 2.18. The summed E-state index contributed by atoms with van der Waals surface area (Å²) in [6, 6.07) is 7.53. The molecule has 0 unspecified atom stereocenters. The van der Waals surface area contributed by atoms with Crippen LogP contribution in [-0.2, 0) is 4.79 Å². The van der Waals surface area contributed by atoms with Crippen LogP contribution in [0.3, 0.4) is 0 Å². The van der Waals surface area contributed by atoms with Crippen LogP contribution in [0.15, 0.2) is 36.4 Å². The molecule has 4 nitrogen and oxygen atoms in total. The summed E-state index contributed by atoms with van der Waals surface area (Å²) in [5.74, 6) is -5.78. The summed E-state index contributed by atoms with van der Waals surface area (Å²) in [6.07, 6.45) is 0. The summed E-state index contributed by atoms with van der Waals surface area (Å²) in [5, 5.41) is 4.88. The van der Waals surface area contributed by atoms with Crippen molar-refractivity contribution in [2.45, 2.75) is 6.92 Å². The topological polar surface area (TPSA) is 58.2 Å². The number of halogens is 3. The van der Waals surface area contributed by atoms with E-state index in [4.69, 9.17) is 0 Å². The van der Waals surface area contributed by atoms with Gasteiger partial charge in [-0.2, -0.15) is 0 Å². The molecular formula is C15H11F3N2O2. The van der Waals surface area contributed by atoms with Gasteiger partial charge in [0, 0.05) is 18.3 Å². The predicted molar refractivity (Wildman–Crippen MR) is 75.0 cm³/mol. The standard InChI is InChI=1S/C15H11F3N2O2/c1-8(21)19-9-2-4-10(5-3-9)20-15(22)11-6-7-12(16)14(18)13(11)17/h2-7H,1H3,(H,19,21)(H,20,22). The van der Waals surface area contributed by atoms with Crippen LogP contribution < -0.4 is 10.6 Å². The second-order valence-electron chi connectivity index (χ2n) is 4.44. The molecule has 0 aliphatic heterocycles. The molecule has 2 aromatic carbocycles. The van der Waals surface area contributed by atoms with Crippen molar-refractivity contribution in [2.75, 3.05) is 10.6 Å². The van der Waals surface area contributed by atoms with E-state index < -0.39 is 28.9 Å². The highest BCUT2D eigenvalue weighted by molar-refractivity contribution is 6.04. The molecule has 0 bridgehead atoms. The summed E-state index contributed by atoms with van der Waals surface area (Å²) in [5.41, 5.74) is 0.220. The SMILES string of the molecule is CC(=O)Nc1ccc(NC(=O)c2ccc(F)c(F)c2F)cc1. The molecule has 0 heterocycles.